The summed E-state index contributed by atoms with van der Waals surface area (Å²) in [4.78, 5) is 25.3. The van der Waals surface area contributed by atoms with Crippen LogP contribution < -0.4 is 16.2 Å². The standard InChI is InChI=1S/C19H19ClFN3O2/c20-17-12(2-1-3-15(17)21)9-23-18(25)14-4-5-16-13-6-11(7-22-8-13)10-24(16)19(14)26/h1-5,11,13,22H,6-10H2,(H,23,25)/t11-,13+/m0/s1. The van der Waals surface area contributed by atoms with Crippen molar-refractivity contribution in [2.45, 2.75) is 25.4 Å². The Balaban J connectivity index is 1.56. The van der Waals surface area contributed by atoms with Gasteiger partial charge >= 0.3 is 0 Å². The number of pyridine rings is 1. The average Bonchev–Trinajstić information content (AvgIpc) is 2.64. The maximum atomic E-state index is 13.5. The van der Waals surface area contributed by atoms with E-state index in [4.69, 9.17) is 11.6 Å². The summed E-state index contributed by atoms with van der Waals surface area (Å²) in [6.07, 6.45) is 1.08. The lowest BCUT2D eigenvalue weighted by atomic mass is 9.84. The smallest absolute Gasteiger partial charge is 0.263 e. The van der Waals surface area contributed by atoms with Crippen molar-refractivity contribution >= 4 is 17.5 Å². The molecule has 2 aliphatic rings. The molecule has 4 rings (SSSR count). The van der Waals surface area contributed by atoms with Crippen LogP contribution >= 0.6 is 11.6 Å². The molecule has 1 aromatic heterocycles. The fraction of sp³-hybridized carbons (Fsp3) is 0.368. The van der Waals surface area contributed by atoms with Crippen molar-refractivity contribution in [2.75, 3.05) is 13.1 Å². The van der Waals surface area contributed by atoms with Crippen LogP contribution in [0, 0.1) is 11.7 Å². The minimum Gasteiger partial charge on any atom is -0.348 e. The Morgan fingerprint density at radius 2 is 2.15 bits per heavy atom. The third kappa shape index (κ3) is 3.04. The lowest BCUT2D eigenvalue weighted by Gasteiger charge is -2.37. The van der Waals surface area contributed by atoms with Gasteiger partial charge in [0.1, 0.15) is 11.4 Å². The highest BCUT2D eigenvalue weighted by Gasteiger charge is 2.31. The van der Waals surface area contributed by atoms with Gasteiger partial charge in [-0.15, -0.1) is 0 Å². The monoisotopic (exact) mass is 375 g/mol. The first kappa shape index (κ1) is 17.2. The highest BCUT2D eigenvalue weighted by atomic mass is 35.5. The third-order valence-electron chi connectivity index (χ3n) is 5.22. The number of nitrogens with zero attached hydrogens (tertiary/aromatic N) is 1. The highest BCUT2D eigenvalue weighted by Crippen LogP contribution is 2.31. The maximum Gasteiger partial charge on any atom is 0.263 e. The molecule has 1 amide bonds. The van der Waals surface area contributed by atoms with Crippen LogP contribution in [-0.4, -0.2) is 23.6 Å². The number of carbonyl (C=O) groups excluding carboxylic acids is 1. The van der Waals surface area contributed by atoms with Crippen molar-refractivity contribution < 1.29 is 9.18 Å². The zero-order valence-electron chi connectivity index (χ0n) is 14.1. The molecule has 7 heteroatoms. The number of carbonyl (C=O) groups is 1. The molecule has 2 bridgehead atoms. The van der Waals surface area contributed by atoms with Crippen molar-refractivity contribution in [2.24, 2.45) is 5.92 Å². The summed E-state index contributed by atoms with van der Waals surface area (Å²) in [5, 5.41) is 6.04. The lowest BCUT2D eigenvalue weighted by molar-refractivity contribution is 0.0948. The van der Waals surface area contributed by atoms with E-state index in [1.54, 1.807) is 16.7 Å². The van der Waals surface area contributed by atoms with Crippen LogP contribution in [0.15, 0.2) is 35.1 Å². The Kier molecular flexibility index (Phi) is 4.54. The van der Waals surface area contributed by atoms with E-state index in [9.17, 15) is 14.0 Å². The molecule has 1 aromatic carbocycles. The van der Waals surface area contributed by atoms with Crippen LogP contribution in [0.4, 0.5) is 4.39 Å². The second-order valence-corrected chi connectivity index (χ2v) is 7.32. The normalized spacial score (nSPS) is 21.2. The maximum absolute atomic E-state index is 13.5. The molecule has 2 aromatic rings. The number of nitrogens with one attached hydrogen (secondary N) is 2. The molecular formula is C19H19ClFN3O2. The van der Waals surface area contributed by atoms with Gasteiger partial charge in [-0.05, 0) is 42.6 Å². The molecule has 0 saturated carbocycles. The molecule has 3 heterocycles. The number of aromatic nitrogens is 1. The van der Waals surface area contributed by atoms with Gasteiger partial charge in [0.2, 0.25) is 0 Å². The van der Waals surface area contributed by atoms with E-state index in [1.165, 1.54) is 12.1 Å². The highest BCUT2D eigenvalue weighted by molar-refractivity contribution is 6.31. The van der Waals surface area contributed by atoms with Crippen molar-refractivity contribution in [1.29, 1.82) is 0 Å². The van der Waals surface area contributed by atoms with Gasteiger partial charge < -0.3 is 15.2 Å². The van der Waals surface area contributed by atoms with Gasteiger partial charge in [0.15, 0.2) is 0 Å². The Bertz CT molecular complexity index is 927. The molecule has 2 atom stereocenters. The summed E-state index contributed by atoms with van der Waals surface area (Å²) in [5.41, 5.74) is 1.30. The number of rotatable bonds is 3. The van der Waals surface area contributed by atoms with Gasteiger partial charge in [0.05, 0.1) is 5.02 Å². The number of benzene rings is 1. The first-order chi connectivity index (χ1) is 12.5. The average molecular weight is 376 g/mol. The van der Waals surface area contributed by atoms with Crippen molar-refractivity contribution in [3.05, 3.63) is 68.3 Å². The van der Waals surface area contributed by atoms with Gasteiger partial charge in [0, 0.05) is 31.2 Å². The first-order valence-corrected chi connectivity index (χ1v) is 9.08. The Labute approximate surface area is 155 Å². The summed E-state index contributed by atoms with van der Waals surface area (Å²) in [5.74, 6) is -0.270. The lowest BCUT2D eigenvalue weighted by Crippen LogP contribution is -2.46. The van der Waals surface area contributed by atoms with Crippen molar-refractivity contribution in [3.63, 3.8) is 0 Å². The molecule has 5 nitrogen and oxygen atoms in total. The van der Waals surface area contributed by atoms with E-state index in [0.717, 1.165) is 25.2 Å². The number of hydrogen-bond acceptors (Lipinski definition) is 3. The quantitative estimate of drug-likeness (QED) is 0.865. The minimum atomic E-state index is -0.535. The second-order valence-electron chi connectivity index (χ2n) is 6.94. The molecule has 2 aliphatic heterocycles. The molecule has 2 N–H and O–H groups in total. The second kappa shape index (κ2) is 6.85. The zero-order chi connectivity index (χ0) is 18.3. The topological polar surface area (TPSA) is 63.1 Å². The number of hydrogen-bond donors (Lipinski definition) is 2. The number of fused-ring (bicyclic) bond motifs is 4. The predicted octanol–water partition coefficient (Wildman–Crippen LogP) is 2.28. The molecule has 0 spiro atoms. The summed E-state index contributed by atoms with van der Waals surface area (Å²) < 4.78 is 15.2. The first-order valence-electron chi connectivity index (χ1n) is 8.70. The molecular weight excluding hydrogens is 357 g/mol. The van der Waals surface area contributed by atoms with Crippen LogP contribution in [-0.2, 0) is 13.1 Å². The molecule has 0 radical (unpaired) electrons. The minimum absolute atomic E-state index is 0.0183. The van der Waals surface area contributed by atoms with Crippen LogP contribution in [0.5, 0.6) is 0 Å². The predicted molar refractivity (Wildman–Crippen MR) is 97.0 cm³/mol. The Hall–Kier alpha value is -2.18. The van der Waals surface area contributed by atoms with E-state index < -0.39 is 11.7 Å². The van der Waals surface area contributed by atoms with Crippen molar-refractivity contribution in [1.82, 2.24) is 15.2 Å². The fourth-order valence-electron chi connectivity index (χ4n) is 3.92. The summed E-state index contributed by atoms with van der Waals surface area (Å²) in [7, 11) is 0. The van der Waals surface area contributed by atoms with Crippen LogP contribution in [0.25, 0.3) is 0 Å². The molecule has 1 saturated heterocycles. The zero-order valence-corrected chi connectivity index (χ0v) is 14.9. The Morgan fingerprint density at radius 1 is 1.31 bits per heavy atom. The fourth-order valence-corrected chi connectivity index (χ4v) is 4.11. The van der Waals surface area contributed by atoms with Crippen LogP contribution in [0.1, 0.15) is 34.0 Å². The molecule has 0 aliphatic carbocycles. The van der Waals surface area contributed by atoms with Gasteiger partial charge in [0.25, 0.3) is 11.5 Å². The Morgan fingerprint density at radius 3 is 3.00 bits per heavy atom. The van der Waals surface area contributed by atoms with Crippen LogP contribution in [0.3, 0.4) is 0 Å². The SMILES string of the molecule is O=C(NCc1cccc(F)c1Cl)c1ccc2n(c1=O)C[C@@H]1CNC[C@H]2C1. The molecule has 0 unspecified atom stereocenters. The van der Waals surface area contributed by atoms with E-state index >= 15 is 0 Å². The summed E-state index contributed by atoms with van der Waals surface area (Å²) in [6, 6.07) is 7.89. The summed E-state index contributed by atoms with van der Waals surface area (Å²) >= 11 is 5.91. The van der Waals surface area contributed by atoms with Gasteiger partial charge in [-0.25, -0.2) is 4.39 Å². The van der Waals surface area contributed by atoms with E-state index in [-0.39, 0.29) is 22.7 Å². The molecule has 1 fully saturated rings. The van der Waals surface area contributed by atoms with Crippen LogP contribution in [0.2, 0.25) is 5.02 Å². The van der Waals surface area contributed by atoms with E-state index in [1.807, 2.05) is 6.07 Å². The van der Waals surface area contributed by atoms with E-state index in [0.29, 0.717) is 23.9 Å². The van der Waals surface area contributed by atoms with Gasteiger partial charge in [-0.2, -0.15) is 0 Å². The van der Waals surface area contributed by atoms with Gasteiger partial charge in [-0.1, -0.05) is 23.7 Å². The van der Waals surface area contributed by atoms with Gasteiger partial charge in [-0.3, -0.25) is 9.59 Å². The molecule has 136 valence electrons. The third-order valence-corrected chi connectivity index (χ3v) is 5.65. The largest absolute Gasteiger partial charge is 0.348 e. The number of halogens is 2. The number of piperidine rings is 1. The molecule has 26 heavy (non-hydrogen) atoms. The number of amides is 1. The van der Waals surface area contributed by atoms with E-state index in [2.05, 4.69) is 10.6 Å². The summed E-state index contributed by atoms with van der Waals surface area (Å²) in [6.45, 7) is 2.46. The van der Waals surface area contributed by atoms with Crippen molar-refractivity contribution in [3.8, 4) is 0 Å².